The van der Waals surface area contributed by atoms with Crippen LogP contribution in [0.2, 0.25) is 0 Å². The van der Waals surface area contributed by atoms with Crippen LogP contribution in [-0.4, -0.2) is 16.2 Å². The number of hydrogen-bond donors (Lipinski definition) is 4. The molecule has 0 fully saturated rings. The van der Waals surface area contributed by atoms with Gasteiger partial charge in [0.1, 0.15) is 5.82 Å². The Hall–Kier alpha value is -3.93. The van der Waals surface area contributed by atoms with Crippen LogP contribution in [0, 0.1) is 5.41 Å². The van der Waals surface area contributed by atoms with Crippen LogP contribution in [-0.2, 0) is 0 Å². The summed E-state index contributed by atoms with van der Waals surface area (Å²) < 4.78 is 0. The van der Waals surface area contributed by atoms with E-state index in [0.29, 0.717) is 28.6 Å². The van der Waals surface area contributed by atoms with E-state index in [2.05, 4.69) is 10.3 Å². The monoisotopic (exact) mass is 384 g/mol. The molecule has 6 heteroatoms. The molecule has 0 aliphatic heterocycles. The minimum atomic E-state index is 0.559. The van der Waals surface area contributed by atoms with E-state index in [9.17, 15) is 0 Å². The number of fused-ring (bicyclic) bond motifs is 1. The van der Waals surface area contributed by atoms with Crippen molar-refractivity contribution in [2.24, 2.45) is 0 Å². The first kappa shape index (κ1) is 19.8. The molecule has 0 bridgehead atoms. The Balaban J connectivity index is 0.00000117. The van der Waals surface area contributed by atoms with E-state index in [1.165, 1.54) is 6.21 Å². The number of hydrogen-bond acceptors (Lipinski definition) is 6. The van der Waals surface area contributed by atoms with Crippen molar-refractivity contribution in [3.05, 3.63) is 72.3 Å². The second-order valence-electron chi connectivity index (χ2n) is 6.15. The Morgan fingerprint density at radius 2 is 1.69 bits per heavy atom. The number of aromatic nitrogens is 2. The maximum absolute atomic E-state index is 7.49. The second kappa shape index (κ2) is 8.84. The van der Waals surface area contributed by atoms with E-state index in [0.717, 1.165) is 22.2 Å². The van der Waals surface area contributed by atoms with E-state index in [4.69, 9.17) is 21.9 Å². The SMILES string of the molecule is CC.N=Cc1cc(Nc2nc(-c3cccc(N)c3)nc3ccccc23)ccc1N. The molecular formula is C23H24N6. The van der Waals surface area contributed by atoms with Gasteiger partial charge in [-0.3, -0.25) is 0 Å². The number of nitrogens with one attached hydrogen (secondary N) is 2. The smallest absolute Gasteiger partial charge is 0.162 e. The number of benzene rings is 3. The quantitative estimate of drug-likeness (QED) is 0.284. The number of rotatable bonds is 4. The van der Waals surface area contributed by atoms with E-state index < -0.39 is 0 Å². The molecular weight excluding hydrogens is 360 g/mol. The molecule has 1 heterocycles. The number of nitrogens with two attached hydrogens (primary N) is 2. The Bertz CT molecular complexity index is 1150. The molecule has 4 aromatic rings. The highest BCUT2D eigenvalue weighted by Crippen LogP contribution is 2.28. The van der Waals surface area contributed by atoms with Gasteiger partial charge in [0.05, 0.1) is 5.52 Å². The Kier molecular flexibility index (Phi) is 6.04. The summed E-state index contributed by atoms with van der Waals surface area (Å²) in [5.74, 6) is 1.27. The normalized spacial score (nSPS) is 10.1. The molecule has 4 rings (SSSR count). The lowest BCUT2D eigenvalue weighted by Gasteiger charge is -2.12. The zero-order valence-electron chi connectivity index (χ0n) is 16.5. The lowest BCUT2D eigenvalue weighted by molar-refractivity contribution is 1.22. The standard InChI is InChI=1S/C21H18N6.C2H6/c22-12-14-11-16(8-9-18(14)24)25-21-17-6-1-2-7-19(17)26-20(27-21)13-4-3-5-15(23)10-13;1-2/h1-12,22H,23-24H2,(H,25,26,27);1-2H3. The highest BCUT2D eigenvalue weighted by molar-refractivity contribution is 5.93. The third-order valence-corrected chi connectivity index (χ3v) is 4.25. The maximum atomic E-state index is 7.49. The molecule has 0 saturated carbocycles. The van der Waals surface area contributed by atoms with Crippen molar-refractivity contribution < 1.29 is 0 Å². The van der Waals surface area contributed by atoms with Gasteiger partial charge in [-0.05, 0) is 42.5 Å². The van der Waals surface area contributed by atoms with Crippen LogP contribution in [0.3, 0.4) is 0 Å². The van der Waals surface area contributed by atoms with Gasteiger partial charge in [0.25, 0.3) is 0 Å². The molecule has 0 radical (unpaired) electrons. The summed E-state index contributed by atoms with van der Waals surface area (Å²) in [7, 11) is 0. The largest absolute Gasteiger partial charge is 0.399 e. The molecule has 1 aromatic heterocycles. The molecule has 146 valence electrons. The molecule has 0 aliphatic rings. The molecule has 0 atom stereocenters. The first-order chi connectivity index (χ1) is 14.1. The fraction of sp³-hybridized carbons (Fsp3) is 0.0870. The van der Waals surface area contributed by atoms with Crippen molar-refractivity contribution in [2.75, 3.05) is 16.8 Å². The molecule has 6 nitrogen and oxygen atoms in total. The van der Waals surface area contributed by atoms with E-state index >= 15 is 0 Å². The van der Waals surface area contributed by atoms with Gasteiger partial charge in [0, 0.05) is 39.8 Å². The Labute approximate surface area is 170 Å². The van der Waals surface area contributed by atoms with Crippen LogP contribution in [0.15, 0.2) is 66.7 Å². The molecule has 0 unspecified atom stereocenters. The fourth-order valence-corrected chi connectivity index (χ4v) is 2.89. The summed E-state index contributed by atoms with van der Waals surface area (Å²) in [6, 6.07) is 20.7. The van der Waals surface area contributed by atoms with Gasteiger partial charge < -0.3 is 22.2 Å². The first-order valence-corrected chi connectivity index (χ1v) is 9.44. The highest BCUT2D eigenvalue weighted by Gasteiger charge is 2.10. The molecule has 3 aromatic carbocycles. The minimum Gasteiger partial charge on any atom is -0.399 e. The summed E-state index contributed by atoms with van der Waals surface area (Å²) in [5, 5.41) is 11.7. The van der Waals surface area contributed by atoms with Crippen molar-refractivity contribution in [2.45, 2.75) is 13.8 Å². The summed E-state index contributed by atoms with van der Waals surface area (Å²) in [6.07, 6.45) is 1.23. The number of nitrogens with zero attached hydrogens (tertiary/aromatic N) is 2. The minimum absolute atomic E-state index is 0.559. The molecule has 6 N–H and O–H groups in total. The molecule has 29 heavy (non-hydrogen) atoms. The van der Waals surface area contributed by atoms with Gasteiger partial charge >= 0.3 is 0 Å². The summed E-state index contributed by atoms with van der Waals surface area (Å²) in [4.78, 5) is 9.39. The van der Waals surface area contributed by atoms with Gasteiger partial charge in [0.15, 0.2) is 5.82 Å². The average molecular weight is 384 g/mol. The summed E-state index contributed by atoms with van der Waals surface area (Å²) >= 11 is 0. The Morgan fingerprint density at radius 1 is 0.897 bits per heavy atom. The fourth-order valence-electron chi connectivity index (χ4n) is 2.89. The average Bonchev–Trinajstić information content (AvgIpc) is 2.76. The van der Waals surface area contributed by atoms with E-state index in [1.807, 2.05) is 74.5 Å². The van der Waals surface area contributed by atoms with Gasteiger partial charge in [-0.15, -0.1) is 0 Å². The summed E-state index contributed by atoms with van der Waals surface area (Å²) in [6.45, 7) is 4.00. The summed E-state index contributed by atoms with van der Waals surface area (Å²) in [5.41, 5.74) is 16.1. The molecule has 0 saturated heterocycles. The zero-order valence-corrected chi connectivity index (χ0v) is 16.5. The maximum Gasteiger partial charge on any atom is 0.162 e. The second-order valence-corrected chi connectivity index (χ2v) is 6.15. The van der Waals surface area contributed by atoms with E-state index in [1.54, 1.807) is 6.07 Å². The topological polar surface area (TPSA) is 114 Å². The first-order valence-electron chi connectivity index (χ1n) is 9.44. The van der Waals surface area contributed by atoms with Crippen LogP contribution >= 0.6 is 0 Å². The predicted molar refractivity (Wildman–Crippen MR) is 123 cm³/mol. The van der Waals surface area contributed by atoms with Crippen LogP contribution in [0.5, 0.6) is 0 Å². The zero-order chi connectivity index (χ0) is 20.8. The molecule has 0 amide bonds. The van der Waals surface area contributed by atoms with E-state index in [-0.39, 0.29) is 0 Å². The predicted octanol–water partition coefficient (Wildman–Crippen LogP) is 5.23. The van der Waals surface area contributed by atoms with Crippen molar-refractivity contribution in [3.8, 4) is 11.4 Å². The van der Waals surface area contributed by atoms with Crippen LogP contribution in [0.25, 0.3) is 22.3 Å². The lowest BCUT2D eigenvalue weighted by atomic mass is 10.1. The highest BCUT2D eigenvalue weighted by atomic mass is 15.0. The van der Waals surface area contributed by atoms with Gasteiger partial charge in [0.2, 0.25) is 0 Å². The molecule has 0 aliphatic carbocycles. The van der Waals surface area contributed by atoms with Crippen LogP contribution < -0.4 is 16.8 Å². The van der Waals surface area contributed by atoms with Crippen molar-refractivity contribution in [1.82, 2.24) is 9.97 Å². The number of para-hydroxylation sites is 1. The van der Waals surface area contributed by atoms with Crippen LogP contribution in [0.1, 0.15) is 19.4 Å². The van der Waals surface area contributed by atoms with Crippen molar-refractivity contribution in [3.63, 3.8) is 0 Å². The van der Waals surface area contributed by atoms with Crippen molar-refractivity contribution >= 4 is 40.0 Å². The Morgan fingerprint density at radius 3 is 2.45 bits per heavy atom. The third kappa shape index (κ3) is 4.32. The van der Waals surface area contributed by atoms with Gasteiger partial charge in [-0.1, -0.05) is 38.1 Å². The van der Waals surface area contributed by atoms with Crippen molar-refractivity contribution in [1.29, 1.82) is 5.41 Å². The van der Waals surface area contributed by atoms with Gasteiger partial charge in [-0.2, -0.15) is 0 Å². The lowest BCUT2D eigenvalue weighted by Crippen LogP contribution is -2.01. The number of anilines is 4. The van der Waals surface area contributed by atoms with Gasteiger partial charge in [-0.25, -0.2) is 9.97 Å². The number of nitrogen functional groups attached to an aromatic ring is 2. The third-order valence-electron chi connectivity index (χ3n) is 4.25. The molecule has 0 spiro atoms. The van der Waals surface area contributed by atoms with Crippen LogP contribution in [0.4, 0.5) is 22.9 Å².